The molecule has 1 aromatic carbocycles. The van der Waals surface area contributed by atoms with E-state index in [4.69, 9.17) is 15.2 Å². The van der Waals surface area contributed by atoms with Gasteiger partial charge in [0, 0.05) is 20.2 Å². The Hall–Kier alpha value is -4.10. The molecule has 0 spiro atoms. The lowest BCUT2D eigenvalue weighted by atomic mass is 10.1. The predicted octanol–water partition coefficient (Wildman–Crippen LogP) is 2.09. The maximum Gasteiger partial charge on any atom is 0.414 e. The Balaban J connectivity index is 1.89. The molecular formula is C24H32N8O5. The number of ether oxygens (including phenoxy) is 2. The van der Waals surface area contributed by atoms with Gasteiger partial charge in [-0.05, 0) is 38.5 Å². The average molecular weight is 513 g/mol. The van der Waals surface area contributed by atoms with Crippen LogP contribution in [-0.2, 0) is 16.1 Å². The lowest BCUT2D eigenvalue weighted by Gasteiger charge is -2.25. The molecule has 1 unspecified atom stereocenters. The number of aromatic nitrogens is 3. The predicted molar refractivity (Wildman–Crippen MR) is 139 cm³/mol. The normalized spacial score (nSPS) is 16.1. The molecule has 198 valence electrons. The molecule has 6 N–H and O–H groups in total. The fourth-order valence-corrected chi connectivity index (χ4v) is 3.81. The van der Waals surface area contributed by atoms with Crippen LogP contribution in [0.4, 0.5) is 33.4 Å². The van der Waals surface area contributed by atoms with E-state index in [0.717, 1.165) is 5.56 Å². The fourth-order valence-electron chi connectivity index (χ4n) is 3.81. The molecule has 3 aromatic rings. The van der Waals surface area contributed by atoms with E-state index in [-0.39, 0.29) is 31.2 Å². The van der Waals surface area contributed by atoms with Gasteiger partial charge in [-0.2, -0.15) is 0 Å². The third-order valence-corrected chi connectivity index (χ3v) is 5.62. The van der Waals surface area contributed by atoms with Gasteiger partial charge in [-0.3, -0.25) is 9.69 Å². The highest BCUT2D eigenvalue weighted by atomic mass is 16.6. The molecular weight excluding hydrogens is 480 g/mol. The molecule has 1 aliphatic heterocycles. The number of benzene rings is 1. The van der Waals surface area contributed by atoms with Crippen LogP contribution >= 0.6 is 0 Å². The van der Waals surface area contributed by atoms with Gasteiger partial charge in [0.25, 0.3) is 5.91 Å². The van der Waals surface area contributed by atoms with Crippen molar-refractivity contribution in [3.05, 3.63) is 35.7 Å². The van der Waals surface area contributed by atoms with E-state index in [1.807, 2.05) is 12.1 Å². The number of carbonyl (C=O) groups excluding carboxylic acids is 2. The van der Waals surface area contributed by atoms with Gasteiger partial charge >= 0.3 is 6.09 Å². The summed E-state index contributed by atoms with van der Waals surface area (Å²) >= 11 is 0. The largest absolute Gasteiger partial charge is 0.443 e. The molecule has 2 aromatic heterocycles. The van der Waals surface area contributed by atoms with Crippen molar-refractivity contribution in [3.8, 4) is 0 Å². The summed E-state index contributed by atoms with van der Waals surface area (Å²) in [5.74, 6) is -0.217. The minimum Gasteiger partial charge on any atom is -0.443 e. The highest BCUT2D eigenvalue weighted by Gasteiger charge is 2.26. The summed E-state index contributed by atoms with van der Waals surface area (Å²) in [5.41, 5.74) is 8.85. The van der Waals surface area contributed by atoms with Gasteiger partial charge in [0.05, 0.1) is 54.8 Å². The van der Waals surface area contributed by atoms with E-state index in [2.05, 4.69) is 26.0 Å². The number of carbonyl (C=O) groups is 2. The average Bonchev–Trinajstić information content (AvgIpc) is 3.26. The van der Waals surface area contributed by atoms with Gasteiger partial charge in [0.15, 0.2) is 17.2 Å². The first kappa shape index (κ1) is 26.0. The molecule has 0 aliphatic carbocycles. The van der Waals surface area contributed by atoms with E-state index >= 15 is 0 Å². The van der Waals surface area contributed by atoms with Crippen LogP contribution in [0, 0.1) is 0 Å². The molecule has 0 saturated heterocycles. The quantitative estimate of drug-likeness (QED) is 0.328. The van der Waals surface area contributed by atoms with Crippen molar-refractivity contribution >= 4 is 46.2 Å². The minimum absolute atomic E-state index is 0.0757. The molecule has 1 atom stereocenters. The number of nitrogen functional groups attached to an aromatic ring is 1. The number of fused-ring (bicyclic) bond motifs is 3. The van der Waals surface area contributed by atoms with Crippen molar-refractivity contribution in [1.29, 1.82) is 0 Å². The topological polar surface area (TPSA) is 168 Å². The number of nitrogens with two attached hydrogens (primary N) is 1. The highest BCUT2D eigenvalue weighted by Crippen LogP contribution is 2.33. The van der Waals surface area contributed by atoms with Crippen molar-refractivity contribution in [2.75, 3.05) is 48.6 Å². The summed E-state index contributed by atoms with van der Waals surface area (Å²) < 4.78 is 12.6. The van der Waals surface area contributed by atoms with E-state index in [9.17, 15) is 14.7 Å². The van der Waals surface area contributed by atoms with Crippen LogP contribution in [0.25, 0.3) is 5.65 Å². The number of nitrogens with zero attached hydrogens (tertiary/aromatic N) is 4. The number of rotatable bonds is 3. The smallest absolute Gasteiger partial charge is 0.414 e. The van der Waals surface area contributed by atoms with E-state index in [0.29, 0.717) is 28.6 Å². The Morgan fingerprint density at radius 3 is 2.81 bits per heavy atom. The van der Waals surface area contributed by atoms with Gasteiger partial charge in [0.1, 0.15) is 5.60 Å². The van der Waals surface area contributed by atoms with Crippen LogP contribution in [0.3, 0.4) is 0 Å². The minimum atomic E-state index is -0.718. The van der Waals surface area contributed by atoms with Crippen molar-refractivity contribution in [3.63, 3.8) is 0 Å². The standard InChI is InChI=1S/C24H32N8O5/c1-24(2,3)37-23(35)31(5)17-8-19-29-16-7-13(6-15(26-4)20(16)25)11-36-12-14(10-33)28-22(34)18-9-27-21(17)32(18)30-19/h6-9,14,26,33H,10-12,25H2,1-5H3,(H,28,34)(H,29,30). The number of amides is 2. The Morgan fingerprint density at radius 2 is 2.14 bits per heavy atom. The molecule has 2 amide bonds. The van der Waals surface area contributed by atoms with Crippen molar-refractivity contribution < 1.29 is 24.2 Å². The third kappa shape index (κ3) is 5.52. The zero-order valence-corrected chi connectivity index (χ0v) is 21.5. The Morgan fingerprint density at radius 1 is 1.38 bits per heavy atom. The molecule has 13 heteroatoms. The van der Waals surface area contributed by atoms with Gasteiger partial charge < -0.3 is 36.3 Å². The van der Waals surface area contributed by atoms with Gasteiger partial charge in [0.2, 0.25) is 0 Å². The second kappa shape index (κ2) is 10.1. The van der Waals surface area contributed by atoms with Crippen LogP contribution in [0.1, 0.15) is 36.8 Å². The number of anilines is 5. The van der Waals surface area contributed by atoms with Crippen LogP contribution in [0.15, 0.2) is 24.4 Å². The second-order valence-electron chi connectivity index (χ2n) is 9.68. The lowest BCUT2D eigenvalue weighted by Crippen LogP contribution is -2.41. The number of aliphatic hydroxyl groups excluding tert-OH is 1. The zero-order valence-electron chi connectivity index (χ0n) is 21.5. The summed E-state index contributed by atoms with van der Waals surface area (Å²) in [6, 6.07) is 4.64. The molecule has 0 fully saturated rings. The fraction of sp³-hybridized carbons (Fsp3) is 0.417. The Bertz CT molecular complexity index is 1330. The summed E-state index contributed by atoms with van der Waals surface area (Å²) in [7, 11) is 3.30. The number of nitrogens with one attached hydrogen (secondary N) is 3. The first-order valence-corrected chi connectivity index (χ1v) is 11.7. The number of imidazole rings is 1. The molecule has 4 bridgehead atoms. The SMILES string of the molecule is CNc1cc2cc(c1N)Nc1cc(N(C)C(=O)OC(C)(C)C)c3ncc(n3n1)C(=O)NC(CO)COC2. The third-order valence-electron chi connectivity index (χ3n) is 5.62. The van der Waals surface area contributed by atoms with Gasteiger partial charge in [-0.1, -0.05) is 0 Å². The summed E-state index contributed by atoms with van der Waals surface area (Å²) in [5, 5.41) is 23.4. The summed E-state index contributed by atoms with van der Waals surface area (Å²) in [6.45, 7) is 5.27. The maximum atomic E-state index is 13.1. The highest BCUT2D eigenvalue weighted by molar-refractivity contribution is 5.97. The van der Waals surface area contributed by atoms with E-state index < -0.39 is 23.6 Å². The van der Waals surface area contributed by atoms with Crippen molar-refractivity contribution in [2.24, 2.45) is 0 Å². The Kier molecular flexibility index (Phi) is 7.09. The lowest BCUT2D eigenvalue weighted by molar-refractivity contribution is 0.0589. The van der Waals surface area contributed by atoms with E-state index in [1.165, 1.54) is 15.6 Å². The van der Waals surface area contributed by atoms with Crippen LogP contribution in [-0.4, -0.2) is 70.7 Å². The van der Waals surface area contributed by atoms with Crippen LogP contribution in [0.2, 0.25) is 0 Å². The monoisotopic (exact) mass is 512 g/mol. The summed E-state index contributed by atoms with van der Waals surface area (Å²) in [6.07, 6.45) is 0.745. The molecule has 0 radical (unpaired) electrons. The van der Waals surface area contributed by atoms with Crippen molar-refractivity contribution in [1.82, 2.24) is 19.9 Å². The number of aliphatic hydroxyl groups is 1. The first-order chi connectivity index (χ1) is 17.5. The molecule has 4 rings (SSSR count). The second-order valence-corrected chi connectivity index (χ2v) is 9.68. The molecule has 37 heavy (non-hydrogen) atoms. The molecule has 1 aliphatic rings. The molecule has 0 saturated carbocycles. The van der Waals surface area contributed by atoms with Crippen LogP contribution < -0.4 is 26.6 Å². The van der Waals surface area contributed by atoms with Crippen molar-refractivity contribution in [2.45, 2.75) is 39.0 Å². The molecule has 3 heterocycles. The zero-order chi connectivity index (χ0) is 26.9. The van der Waals surface area contributed by atoms with Gasteiger partial charge in [-0.25, -0.2) is 14.3 Å². The Labute approximate surface area is 213 Å². The van der Waals surface area contributed by atoms with E-state index in [1.54, 1.807) is 40.9 Å². The maximum absolute atomic E-state index is 13.1. The number of hydrogen-bond donors (Lipinski definition) is 5. The number of hydrogen-bond acceptors (Lipinski definition) is 10. The first-order valence-electron chi connectivity index (χ1n) is 11.7. The van der Waals surface area contributed by atoms with Crippen LogP contribution in [0.5, 0.6) is 0 Å². The molecule has 13 nitrogen and oxygen atoms in total. The summed E-state index contributed by atoms with van der Waals surface area (Å²) in [4.78, 5) is 31.7. The van der Waals surface area contributed by atoms with Gasteiger partial charge in [-0.15, -0.1) is 5.10 Å².